The number of hydrogen-bond acceptors (Lipinski definition) is 9. The van der Waals surface area contributed by atoms with Crippen molar-refractivity contribution >= 4 is 17.4 Å². The fraction of sp³-hybridized carbons (Fsp3) is 0.528. The van der Waals surface area contributed by atoms with Crippen LogP contribution in [0.4, 0.5) is 17.6 Å². The first-order chi connectivity index (χ1) is 23.5. The van der Waals surface area contributed by atoms with Crippen LogP contribution in [0.25, 0.3) is 10.9 Å². The second kappa shape index (κ2) is 11.5. The number of fused-ring (bicyclic) bond motifs is 4. The molecule has 1 aromatic heterocycles. The average Bonchev–Trinajstić information content (AvgIpc) is 3.73. The van der Waals surface area contributed by atoms with E-state index in [1.54, 1.807) is 6.07 Å². The SMILES string of the molecule is C#CC1(c2ccc3cnc(OC)nc3c2)C2=C(C[C@@](OC=O)(OC[C@@]34CCCN3C[C@H](F)C4)C=C2N2CC3CCC(C2)N3)C(F)=CC1(F)F. The molecule has 6 atom stereocenters. The molecule has 9 nitrogen and oxygen atoms in total. The van der Waals surface area contributed by atoms with E-state index in [4.69, 9.17) is 20.6 Å². The van der Waals surface area contributed by atoms with E-state index in [2.05, 4.69) is 26.1 Å². The minimum atomic E-state index is -3.89. The number of piperazine rings is 1. The van der Waals surface area contributed by atoms with E-state index in [1.807, 2.05) is 4.90 Å². The molecule has 0 saturated carbocycles. The third kappa shape index (κ3) is 4.97. The molecule has 1 aromatic carbocycles. The van der Waals surface area contributed by atoms with Gasteiger partial charge in [0, 0.05) is 90.7 Å². The zero-order valence-electron chi connectivity index (χ0n) is 27.1. The molecule has 2 aliphatic carbocycles. The van der Waals surface area contributed by atoms with E-state index in [1.165, 1.54) is 31.5 Å². The van der Waals surface area contributed by atoms with E-state index in [0.29, 0.717) is 37.0 Å². The van der Waals surface area contributed by atoms with Crippen LogP contribution in [0.5, 0.6) is 6.01 Å². The summed E-state index contributed by atoms with van der Waals surface area (Å²) >= 11 is 0. The Morgan fingerprint density at radius 1 is 1.18 bits per heavy atom. The Labute approximate surface area is 281 Å². The van der Waals surface area contributed by atoms with Gasteiger partial charge in [0.2, 0.25) is 5.79 Å². The van der Waals surface area contributed by atoms with Crippen LogP contribution in [0.1, 0.15) is 44.1 Å². The second-order valence-electron chi connectivity index (χ2n) is 14.1. The molecule has 13 heteroatoms. The molecule has 4 aliphatic heterocycles. The highest BCUT2D eigenvalue weighted by molar-refractivity contribution is 5.80. The lowest BCUT2D eigenvalue weighted by Gasteiger charge is -2.49. The maximum absolute atomic E-state index is 16.8. The number of nitrogens with one attached hydrogen (secondary N) is 1. The maximum Gasteiger partial charge on any atom is 0.316 e. The molecule has 3 unspecified atom stereocenters. The molecule has 49 heavy (non-hydrogen) atoms. The number of benzene rings is 1. The Bertz CT molecular complexity index is 1830. The topological polar surface area (TPSA) is 89.0 Å². The number of alkyl halides is 3. The predicted octanol–water partition coefficient (Wildman–Crippen LogP) is 4.49. The second-order valence-corrected chi connectivity index (χ2v) is 14.1. The number of ether oxygens (including phenoxy) is 3. The van der Waals surface area contributed by atoms with Gasteiger partial charge in [0.05, 0.1) is 19.2 Å². The van der Waals surface area contributed by atoms with Crippen LogP contribution in [-0.2, 0) is 19.7 Å². The number of methoxy groups -OCH3 is 1. The molecule has 0 amide bonds. The lowest BCUT2D eigenvalue weighted by atomic mass is 9.62. The first-order valence-electron chi connectivity index (χ1n) is 16.7. The average molecular weight is 680 g/mol. The van der Waals surface area contributed by atoms with Crippen LogP contribution < -0.4 is 10.1 Å². The summed E-state index contributed by atoms with van der Waals surface area (Å²) in [5.74, 6) is -4.49. The van der Waals surface area contributed by atoms with Crippen LogP contribution in [0.2, 0.25) is 0 Å². The van der Waals surface area contributed by atoms with Crippen molar-refractivity contribution in [2.45, 2.75) is 79.4 Å². The van der Waals surface area contributed by atoms with Crippen LogP contribution in [0.15, 0.2) is 59.2 Å². The summed E-state index contributed by atoms with van der Waals surface area (Å²) in [6.45, 7) is 2.08. The molecule has 5 heterocycles. The number of nitrogens with zero attached hydrogens (tertiary/aromatic N) is 4. The molecule has 258 valence electrons. The van der Waals surface area contributed by atoms with Gasteiger partial charge in [0.1, 0.15) is 12.0 Å². The van der Waals surface area contributed by atoms with Gasteiger partial charge >= 0.3 is 6.01 Å². The Kier molecular flexibility index (Phi) is 7.59. The summed E-state index contributed by atoms with van der Waals surface area (Å²) in [6.07, 6.45) is 11.6. The van der Waals surface area contributed by atoms with Gasteiger partial charge in [-0.05, 0) is 43.9 Å². The number of hydrogen-bond donors (Lipinski definition) is 1. The van der Waals surface area contributed by atoms with Gasteiger partial charge in [0.15, 0.2) is 5.41 Å². The number of halogens is 4. The standard InChI is InChI=1S/C36H37F4N5O4/c1-3-35(23-6-5-22-16-41-32(47-2)43-29(22)11-23)31-27(28(38)14-36(35,39)40)13-34(49-21-46,15-30(31)44-18-25-7-8-26(19-44)42-25)48-20-33-9-4-10-45(33)17-24(37)12-33/h1,5-6,11,14-16,21,24-26,42H,4,7-10,12-13,17-20H2,2H3/t24-,25?,26?,33+,34+,35?/m1/s1. The molecule has 8 rings (SSSR count). The first kappa shape index (κ1) is 32.2. The molecule has 4 saturated heterocycles. The highest BCUT2D eigenvalue weighted by atomic mass is 19.3. The number of aromatic nitrogens is 2. The lowest BCUT2D eigenvalue weighted by molar-refractivity contribution is -0.208. The number of rotatable bonds is 8. The third-order valence-electron chi connectivity index (χ3n) is 11.4. The Balaban J connectivity index is 1.30. The summed E-state index contributed by atoms with van der Waals surface area (Å²) < 4.78 is 82.0. The van der Waals surface area contributed by atoms with Crippen molar-refractivity contribution in [2.75, 3.05) is 39.9 Å². The summed E-state index contributed by atoms with van der Waals surface area (Å²) in [7, 11) is 1.40. The fourth-order valence-corrected chi connectivity index (χ4v) is 9.12. The maximum atomic E-state index is 16.8. The Morgan fingerprint density at radius 3 is 2.71 bits per heavy atom. The van der Waals surface area contributed by atoms with Crippen molar-refractivity contribution in [2.24, 2.45) is 0 Å². The number of carbonyl (C=O) groups is 1. The molecule has 1 N–H and O–H groups in total. The largest absolute Gasteiger partial charge is 0.467 e. The minimum absolute atomic E-state index is 0.00838. The monoisotopic (exact) mass is 679 g/mol. The van der Waals surface area contributed by atoms with E-state index in [-0.39, 0.29) is 72.6 Å². The van der Waals surface area contributed by atoms with Gasteiger partial charge in [-0.15, -0.1) is 6.42 Å². The van der Waals surface area contributed by atoms with Gasteiger partial charge in [-0.3, -0.25) is 9.69 Å². The number of carbonyl (C=O) groups excluding carboxylic acids is 1. The molecule has 2 aromatic rings. The summed E-state index contributed by atoms with van der Waals surface area (Å²) in [5.41, 5.74) is -2.75. The lowest BCUT2D eigenvalue weighted by Crippen LogP contribution is -2.56. The van der Waals surface area contributed by atoms with Crippen LogP contribution in [0, 0.1) is 12.3 Å². The van der Waals surface area contributed by atoms with Crippen molar-refractivity contribution in [3.05, 3.63) is 64.8 Å². The highest BCUT2D eigenvalue weighted by Gasteiger charge is 2.63. The highest BCUT2D eigenvalue weighted by Crippen LogP contribution is 2.58. The number of likely N-dealkylation sites (tertiary alicyclic amines) is 1. The van der Waals surface area contributed by atoms with Crippen LogP contribution >= 0.6 is 0 Å². The van der Waals surface area contributed by atoms with E-state index >= 15 is 13.2 Å². The van der Waals surface area contributed by atoms with Gasteiger partial charge in [0.25, 0.3) is 12.4 Å². The smallest absolute Gasteiger partial charge is 0.316 e. The van der Waals surface area contributed by atoms with Gasteiger partial charge in [-0.1, -0.05) is 18.1 Å². The van der Waals surface area contributed by atoms with Crippen molar-refractivity contribution in [3.63, 3.8) is 0 Å². The van der Waals surface area contributed by atoms with E-state index in [9.17, 15) is 9.18 Å². The van der Waals surface area contributed by atoms with Gasteiger partial charge < -0.3 is 24.4 Å². The Morgan fingerprint density at radius 2 is 1.98 bits per heavy atom. The molecular weight excluding hydrogens is 642 g/mol. The van der Waals surface area contributed by atoms with Crippen molar-refractivity contribution in [3.8, 4) is 18.4 Å². The van der Waals surface area contributed by atoms with Gasteiger partial charge in [-0.2, -0.15) is 13.8 Å². The van der Waals surface area contributed by atoms with E-state index in [0.717, 1.165) is 19.3 Å². The summed E-state index contributed by atoms with van der Waals surface area (Å²) in [5, 5.41) is 4.11. The first-order valence-corrected chi connectivity index (χ1v) is 16.7. The Hall–Kier alpha value is -3.99. The fourth-order valence-electron chi connectivity index (χ4n) is 9.12. The molecule has 6 aliphatic rings. The van der Waals surface area contributed by atoms with Crippen molar-refractivity contribution < 1.29 is 36.6 Å². The molecule has 0 spiro atoms. The third-order valence-corrected chi connectivity index (χ3v) is 11.4. The van der Waals surface area contributed by atoms with Crippen molar-refractivity contribution in [1.82, 2.24) is 25.1 Å². The quantitative estimate of drug-likeness (QED) is 0.188. The van der Waals surface area contributed by atoms with Crippen LogP contribution in [-0.4, -0.2) is 102 Å². The molecular formula is C36H37F4N5O4. The van der Waals surface area contributed by atoms with Crippen molar-refractivity contribution in [1.29, 1.82) is 0 Å². The van der Waals surface area contributed by atoms with Crippen LogP contribution in [0.3, 0.4) is 0 Å². The zero-order valence-corrected chi connectivity index (χ0v) is 27.1. The molecule has 2 bridgehead atoms. The zero-order chi connectivity index (χ0) is 34.2. The predicted molar refractivity (Wildman–Crippen MR) is 171 cm³/mol. The van der Waals surface area contributed by atoms with Gasteiger partial charge in [-0.25, -0.2) is 13.8 Å². The summed E-state index contributed by atoms with van der Waals surface area (Å²) in [6, 6.07) is 4.73. The minimum Gasteiger partial charge on any atom is -0.467 e. The normalized spacial score (nSPS) is 35.0. The van der Waals surface area contributed by atoms with E-state index < -0.39 is 41.1 Å². The number of terminal acetylenes is 1. The summed E-state index contributed by atoms with van der Waals surface area (Å²) in [4.78, 5) is 24.6. The number of allylic oxidation sites excluding steroid dienone is 3. The molecule has 0 radical (unpaired) electrons. The molecule has 4 fully saturated rings.